The van der Waals surface area contributed by atoms with Crippen molar-refractivity contribution in [2.24, 2.45) is 23.8 Å². The van der Waals surface area contributed by atoms with E-state index in [0.29, 0.717) is 10.8 Å². The maximum absolute atomic E-state index is 2.54. The minimum Gasteiger partial charge on any atom is -0.348 e. The number of hydrogen-bond donors (Lipinski definition) is 0. The fourth-order valence-electron chi connectivity index (χ4n) is 5.90. The van der Waals surface area contributed by atoms with Crippen LogP contribution in [0.25, 0.3) is 5.57 Å². The molecule has 1 fully saturated rings. The van der Waals surface area contributed by atoms with Gasteiger partial charge in [0.15, 0.2) is 0 Å². The molecule has 0 aromatic carbocycles. The Labute approximate surface area is 129 Å². The highest BCUT2D eigenvalue weighted by Gasteiger charge is 2.60. The van der Waals surface area contributed by atoms with E-state index >= 15 is 0 Å². The molecule has 2 atom stereocenters. The van der Waals surface area contributed by atoms with E-state index in [4.69, 9.17) is 0 Å². The second-order valence-corrected chi connectivity index (χ2v) is 8.47. The average Bonchev–Trinajstić information content (AvgIpc) is 2.92. The molecule has 4 rings (SSSR count). The maximum atomic E-state index is 2.54. The SMILES string of the molecule is CC1=C(c2cc3c(n2C)CCCC3)[C@]2(C)CC[C@@H]1C2(C)C. The van der Waals surface area contributed by atoms with Gasteiger partial charge in [-0.05, 0) is 74.0 Å². The van der Waals surface area contributed by atoms with Gasteiger partial charge in [0.1, 0.15) is 0 Å². The summed E-state index contributed by atoms with van der Waals surface area (Å²) in [6.45, 7) is 9.96. The minimum atomic E-state index is 0.371. The van der Waals surface area contributed by atoms with Gasteiger partial charge in [-0.2, -0.15) is 0 Å². The molecule has 21 heavy (non-hydrogen) atoms. The number of fused-ring (bicyclic) bond motifs is 3. The summed E-state index contributed by atoms with van der Waals surface area (Å²) >= 11 is 0. The molecule has 0 unspecified atom stereocenters. The first kappa shape index (κ1) is 13.7. The van der Waals surface area contributed by atoms with Crippen molar-refractivity contribution in [1.29, 1.82) is 0 Å². The minimum absolute atomic E-state index is 0.371. The van der Waals surface area contributed by atoms with Crippen molar-refractivity contribution in [2.45, 2.75) is 66.2 Å². The molecule has 3 aliphatic rings. The number of nitrogens with zero attached hydrogens (tertiary/aromatic N) is 1. The summed E-state index contributed by atoms with van der Waals surface area (Å²) in [5, 5.41) is 0. The fourth-order valence-corrected chi connectivity index (χ4v) is 5.90. The van der Waals surface area contributed by atoms with Crippen LogP contribution in [0.4, 0.5) is 0 Å². The third kappa shape index (κ3) is 1.48. The Balaban J connectivity index is 1.90. The molecule has 0 saturated heterocycles. The molecular formula is C20H29N. The predicted molar refractivity (Wildman–Crippen MR) is 89.3 cm³/mol. The predicted octanol–water partition coefficient (Wildman–Crippen LogP) is 5.13. The first-order chi connectivity index (χ1) is 9.88. The van der Waals surface area contributed by atoms with Crippen LogP contribution < -0.4 is 0 Å². The van der Waals surface area contributed by atoms with Gasteiger partial charge >= 0.3 is 0 Å². The highest BCUT2D eigenvalue weighted by atomic mass is 15.0. The summed E-state index contributed by atoms with van der Waals surface area (Å²) in [5.74, 6) is 0.796. The van der Waals surface area contributed by atoms with Crippen molar-refractivity contribution in [2.75, 3.05) is 0 Å². The highest BCUT2D eigenvalue weighted by Crippen LogP contribution is 2.70. The van der Waals surface area contributed by atoms with Crippen molar-refractivity contribution < 1.29 is 0 Å². The Hall–Kier alpha value is -0.980. The first-order valence-electron chi connectivity index (χ1n) is 8.77. The van der Waals surface area contributed by atoms with E-state index < -0.39 is 0 Å². The van der Waals surface area contributed by atoms with Crippen molar-refractivity contribution in [3.05, 3.63) is 28.6 Å². The molecule has 1 aromatic heterocycles. The summed E-state index contributed by atoms with van der Waals surface area (Å²) in [5.41, 5.74) is 8.96. The van der Waals surface area contributed by atoms with Crippen LogP contribution in [0.5, 0.6) is 0 Å². The van der Waals surface area contributed by atoms with E-state index in [2.05, 4.69) is 45.4 Å². The van der Waals surface area contributed by atoms with E-state index in [1.54, 1.807) is 22.4 Å². The molecule has 0 aliphatic heterocycles. The zero-order valence-corrected chi connectivity index (χ0v) is 14.3. The summed E-state index contributed by atoms with van der Waals surface area (Å²) in [6, 6.07) is 2.54. The Morgan fingerprint density at radius 2 is 1.86 bits per heavy atom. The van der Waals surface area contributed by atoms with Crippen LogP contribution in [0.2, 0.25) is 0 Å². The molecule has 1 aromatic rings. The summed E-state index contributed by atoms with van der Waals surface area (Å²) in [7, 11) is 2.31. The lowest BCUT2D eigenvalue weighted by atomic mass is 9.67. The Morgan fingerprint density at radius 3 is 2.48 bits per heavy atom. The van der Waals surface area contributed by atoms with Gasteiger partial charge in [0.2, 0.25) is 0 Å². The second kappa shape index (κ2) is 4.06. The standard InChI is InChI=1S/C20H29N/c1-13-15-10-11-20(4,19(15,2)3)18(13)17-12-14-8-6-7-9-16(14)21(17)5/h12,15H,6-11H2,1-5H3/t15-,20-/m0/s1. The molecule has 2 bridgehead atoms. The Bertz CT molecular complexity index is 643. The summed E-state index contributed by atoms with van der Waals surface area (Å²) < 4.78 is 2.54. The van der Waals surface area contributed by atoms with Gasteiger partial charge in [-0.15, -0.1) is 0 Å². The van der Waals surface area contributed by atoms with Crippen LogP contribution in [0, 0.1) is 16.7 Å². The Morgan fingerprint density at radius 1 is 1.14 bits per heavy atom. The van der Waals surface area contributed by atoms with E-state index in [-0.39, 0.29) is 0 Å². The average molecular weight is 283 g/mol. The molecule has 0 amide bonds. The Kier molecular flexibility index (Phi) is 2.64. The summed E-state index contributed by atoms with van der Waals surface area (Å²) in [6.07, 6.45) is 8.07. The van der Waals surface area contributed by atoms with Crippen molar-refractivity contribution in [3.8, 4) is 0 Å². The van der Waals surface area contributed by atoms with Crippen molar-refractivity contribution >= 4 is 5.57 Å². The van der Waals surface area contributed by atoms with Crippen LogP contribution in [-0.2, 0) is 19.9 Å². The van der Waals surface area contributed by atoms with Crippen LogP contribution in [0.1, 0.15) is 70.3 Å². The molecule has 114 valence electrons. The lowest BCUT2D eigenvalue weighted by molar-refractivity contribution is 0.186. The van der Waals surface area contributed by atoms with E-state index in [1.807, 2.05) is 0 Å². The smallest absolute Gasteiger partial charge is 0.0447 e. The third-order valence-electron chi connectivity index (χ3n) is 7.51. The van der Waals surface area contributed by atoms with Gasteiger partial charge in [0.25, 0.3) is 0 Å². The number of aryl methyl sites for hydroxylation is 1. The molecule has 0 spiro atoms. The van der Waals surface area contributed by atoms with Gasteiger partial charge in [-0.1, -0.05) is 26.3 Å². The third-order valence-corrected chi connectivity index (χ3v) is 7.51. The van der Waals surface area contributed by atoms with E-state index in [9.17, 15) is 0 Å². The van der Waals surface area contributed by atoms with Crippen LogP contribution in [0.3, 0.4) is 0 Å². The van der Waals surface area contributed by atoms with Gasteiger partial charge < -0.3 is 4.57 Å². The number of rotatable bonds is 1. The lowest BCUT2D eigenvalue weighted by Gasteiger charge is -2.37. The summed E-state index contributed by atoms with van der Waals surface area (Å²) in [4.78, 5) is 0. The molecule has 0 radical (unpaired) electrons. The van der Waals surface area contributed by atoms with Gasteiger partial charge in [0.05, 0.1) is 0 Å². The molecule has 1 heteroatoms. The lowest BCUT2D eigenvalue weighted by Crippen LogP contribution is -2.30. The van der Waals surface area contributed by atoms with E-state index in [1.165, 1.54) is 44.2 Å². The van der Waals surface area contributed by atoms with Gasteiger partial charge in [-0.3, -0.25) is 0 Å². The van der Waals surface area contributed by atoms with Gasteiger partial charge in [-0.25, -0.2) is 0 Å². The topological polar surface area (TPSA) is 4.93 Å². The molecule has 1 heterocycles. The molecule has 0 N–H and O–H groups in total. The number of hydrogen-bond acceptors (Lipinski definition) is 0. The molecule has 1 saturated carbocycles. The largest absolute Gasteiger partial charge is 0.348 e. The monoisotopic (exact) mass is 283 g/mol. The number of aromatic nitrogens is 1. The van der Waals surface area contributed by atoms with Gasteiger partial charge in [0, 0.05) is 23.9 Å². The van der Waals surface area contributed by atoms with Crippen LogP contribution in [-0.4, -0.2) is 4.57 Å². The van der Waals surface area contributed by atoms with Crippen molar-refractivity contribution in [3.63, 3.8) is 0 Å². The maximum Gasteiger partial charge on any atom is 0.0447 e. The molecule has 1 nitrogen and oxygen atoms in total. The second-order valence-electron chi connectivity index (χ2n) is 8.47. The van der Waals surface area contributed by atoms with E-state index in [0.717, 1.165) is 5.92 Å². The first-order valence-corrected chi connectivity index (χ1v) is 8.77. The zero-order chi connectivity index (χ0) is 15.0. The normalized spacial score (nSPS) is 33.7. The quantitative estimate of drug-likeness (QED) is 0.673. The molecule has 3 aliphatic carbocycles. The highest BCUT2D eigenvalue weighted by molar-refractivity contribution is 5.77. The van der Waals surface area contributed by atoms with Crippen molar-refractivity contribution in [1.82, 2.24) is 4.57 Å². The molecular weight excluding hydrogens is 254 g/mol. The fraction of sp³-hybridized carbons (Fsp3) is 0.700. The van der Waals surface area contributed by atoms with Crippen LogP contribution in [0.15, 0.2) is 11.6 Å². The number of allylic oxidation sites excluding steroid dienone is 2. The zero-order valence-electron chi connectivity index (χ0n) is 14.3. The van der Waals surface area contributed by atoms with Crippen LogP contribution >= 0.6 is 0 Å².